The van der Waals surface area contributed by atoms with Crippen molar-refractivity contribution in [3.05, 3.63) is 36.4 Å². The monoisotopic (exact) mass is 256 g/mol. The quantitative estimate of drug-likeness (QED) is 0.797. The molecule has 0 unspecified atom stereocenters. The molecule has 4 heteroatoms. The highest BCUT2D eigenvalue weighted by Crippen LogP contribution is 2.28. The maximum absolute atomic E-state index is 9.88. The van der Waals surface area contributed by atoms with E-state index in [0.717, 1.165) is 18.8 Å². The molecule has 0 spiro atoms. The second-order valence-corrected chi connectivity index (χ2v) is 3.68. The fourth-order valence-corrected chi connectivity index (χ4v) is 1.73. The first kappa shape index (κ1) is 15.8. The van der Waals surface area contributed by atoms with Crippen molar-refractivity contribution in [1.82, 2.24) is 0 Å². The first-order chi connectivity index (χ1) is 7.63. The molecule has 1 aromatic rings. The Labute approximate surface area is 109 Å². The average molecular weight is 257 g/mol. The van der Waals surface area contributed by atoms with Gasteiger partial charge in [0.2, 0.25) is 0 Å². The minimum atomic E-state index is -0.314. The third-order valence-electron chi connectivity index (χ3n) is 2.76. The Hall–Kier alpha value is -1.19. The molecule has 1 rings (SSSR count). The molecule has 0 amide bonds. The summed E-state index contributed by atoms with van der Waals surface area (Å²) in [4.78, 5) is 2.17. The predicted molar refractivity (Wildman–Crippen MR) is 76.0 cm³/mol. The van der Waals surface area contributed by atoms with Gasteiger partial charge in [-0.1, -0.05) is 12.1 Å². The Bertz CT molecular complexity index is 364. The predicted octanol–water partition coefficient (Wildman–Crippen LogP) is 2.85. The summed E-state index contributed by atoms with van der Waals surface area (Å²) in [6, 6.07) is 5.28. The standard InChI is InChI=1S/C13H20N2O.ClH/c1-4-12(14)11-8-7-10(9-13(11)16)15(5-2)6-3;/h4,7-9,12,16H,1,5-6,14H2,2-3H3;1H/t12-;/m1./s1. The van der Waals surface area contributed by atoms with E-state index in [1.165, 1.54) is 0 Å². The number of halogens is 1. The fraction of sp³-hybridized carbons (Fsp3) is 0.385. The van der Waals surface area contributed by atoms with Crippen LogP contribution in [0.2, 0.25) is 0 Å². The molecular weight excluding hydrogens is 236 g/mol. The number of nitrogens with zero attached hydrogens (tertiary/aromatic N) is 1. The van der Waals surface area contributed by atoms with Crippen molar-refractivity contribution in [2.45, 2.75) is 19.9 Å². The van der Waals surface area contributed by atoms with Gasteiger partial charge in [-0.15, -0.1) is 19.0 Å². The molecule has 0 bridgehead atoms. The summed E-state index contributed by atoms with van der Waals surface area (Å²) in [6.07, 6.45) is 1.62. The lowest BCUT2D eigenvalue weighted by molar-refractivity contribution is 0.466. The smallest absolute Gasteiger partial charge is 0.122 e. The number of anilines is 1. The van der Waals surface area contributed by atoms with Crippen LogP contribution in [0.1, 0.15) is 25.5 Å². The zero-order valence-corrected chi connectivity index (χ0v) is 11.2. The second-order valence-electron chi connectivity index (χ2n) is 3.68. The molecule has 1 aromatic carbocycles. The van der Waals surface area contributed by atoms with E-state index in [4.69, 9.17) is 5.73 Å². The lowest BCUT2D eigenvalue weighted by Crippen LogP contribution is -2.21. The zero-order valence-electron chi connectivity index (χ0n) is 10.4. The van der Waals surface area contributed by atoms with Crippen LogP contribution in [0.25, 0.3) is 0 Å². The molecule has 0 aromatic heterocycles. The van der Waals surface area contributed by atoms with Gasteiger partial charge in [0, 0.05) is 30.4 Å². The van der Waals surface area contributed by atoms with Crippen molar-refractivity contribution in [2.75, 3.05) is 18.0 Å². The van der Waals surface area contributed by atoms with E-state index in [9.17, 15) is 5.11 Å². The van der Waals surface area contributed by atoms with Gasteiger partial charge >= 0.3 is 0 Å². The summed E-state index contributed by atoms with van der Waals surface area (Å²) in [7, 11) is 0. The van der Waals surface area contributed by atoms with Crippen LogP contribution in [0.4, 0.5) is 5.69 Å². The number of benzene rings is 1. The Balaban J connectivity index is 0.00000256. The summed E-state index contributed by atoms with van der Waals surface area (Å²) in [6.45, 7) is 9.63. The minimum Gasteiger partial charge on any atom is -0.508 e. The molecule has 0 fully saturated rings. The molecule has 0 radical (unpaired) electrons. The van der Waals surface area contributed by atoms with Crippen LogP contribution >= 0.6 is 12.4 Å². The van der Waals surface area contributed by atoms with Gasteiger partial charge in [-0.3, -0.25) is 0 Å². The summed E-state index contributed by atoms with van der Waals surface area (Å²) >= 11 is 0. The average Bonchev–Trinajstić information content (AvgIpc) is 2.30. The maximum atomic E-state index is 9.88. The number of phenols is 1. The molecule has 17 heavy (non-hydrogen) atoms. The van der Waals surface area contributed by atoms with Crippen molar-refractivity contribution >= 4 is 18.1 Å². The highest BCUT2D eigenvalue weighted by molar-refractivity contribution is 5.85. The molecule has 0 heterocycles. The third kappa shape index (κ3) is 3.65. The summed E-state index contributed by atoms with van der Waals surface area (Å²) in [5, 5.41) is 9.88. The van der Waals surface area contributed by atoms with E-state index >= 15 is 0 Å². The van der Waals surface area contributed by atoms with Crippen LogP contribution < -0.4 is 10.6 Å². The van der Waals surface area contributed by atoms with E-state index in [1.54, 1.807) is 12.1 Å². The number of hydrogen-bond acceptors (Lipinski definition) is 3. The molecule has 0 saturated heterocycles. The molecule has 1 atom stereocenters. The fourth-order valence-electron chi connectivity index (χ4n) is 1.73. The third-order valence-corrected chi connectivity index (χ3v) is 2.76. The number of rotatable bonds is 5. The first-order valence-electron chi connectivity index (χ1n) is 5.60. The van der Waals surface area contributed by atoms with Crippen LogP contribution in [0.3, 0.4) is 0 Å². The lowest BCUT2D eigenvalue weighted by Gasteiger charge is -2.22. The van der Waals surface area contributed by atoms with Gasteiger partial charge in [0.05, 0.1) is 6.04 Å². The van der Waals surface area contributed by atoms with Gasteiger partial charge in [-0.05, 0) is 19.9 Å². The highest BCUT2D eigenvalue weighted by Gasteiger charge is 2.10. The highest BCUT2D eigenvalue weighted by atomic mass is 35.5. The Morgan fingerprint density at radius 1 is 1.41 bits per heavy atom. The Morgan fingerprint density at radius 3 is 2.41 bits per heavy atom. The van der Waals surface area contributed by atoms with Crippen molar-refractivity contribution < 1.29 is 5.11 Å². The summed E-state index contributed by atoms with van der Waals surface area (Å²) in [5.41, 5.74) is 7.52. The molecule has 0 saturated carbocycles. The largest absolute Gasteiger partial charge is 0.508 e. The van der Waals surface area contributed by atoms with E-state index < -0.39 is 0 Å². The van der Waals surface area contributed by atoms with Gasteiger partial charge in [0.25, 0.3) is 0 Å². The second kappa shape index (κ2) is 7.20. The minimum absolute atomic E-state index is 0. The maximum Gasteiger partial charge on any atom is 0.122 e. The summed E-state index contributed by atoms with van der Waals surface area (Å²) in [5.74, 6) is 0.233. The molecule has 3 nitrogen and oxygen atoms in total. The Morgan fingerprint density at radius 2 is 2.00 bits per heavy atom. The van der Waals surface area contributed by atoms with Gasteiger partial charge < -0.3 is 15.7 Å². The lowest BCUT2D eigenvalue weighted by atomic mass is 10.1. The molecule has 96 valence electrons. The summed E-state index contributed by atoms with van der Waals surface area (Å²) < 4.78 is 0. The van der Waals surface area contributed by atoms with Crippen LogP contribution in [-0.4, -0.2) is 18.2 Å². The van der Waals surface area contributed by atoms with Gasteiger partial charge in [-0.25, -0.2) is 0 Å². The van der Waals surface area contributed by atoms with Crippen molar-refractivity contribution in [3.8, 4) is 5.75 Å². The molecule has 3 N–H and O–H groups in total. The van der Waals surface area contributed by atoms with E-state index in [1.807, 2.05) is 12.1 Å². The topological polar surface area (TPSA) is 49.5 Å². The molecule has 0 aliphatic heterocycles. The number of phenolic OH excluding ortho intramolecular Hbond substituents is 1. The van der Waals surface area contributed by atoms with Crippen LogP contribution in [0, 0.1) is 0 Å². The number of nitrogens with two attached hydrogens (primary N) is 1. The van der Waals surface area contributed by atoms with E-state index in [2.05, 4.69) is 25.3 Å². The van der Waals surface area contributed by atoms with Gasteiger partial charge in [0.15, 0.2) is 0 Å². The van der Waals surface area contributed by atoms with Gasteiger partial charge in [-0.2, -0.15) is 0 Å². The van der Waals surface area contributed by atoms with Crippen molar-refractivity contribution in [3.63, 3.8) is 0 Å². The zero-order chi connectivity index (χ0) is 12.1. The van der Waals surface area contributed by atoms with E-state index in [0.29, 0.717) is 5.56 Å². The Kier molecular flexibility index (Phi) is 6.69. The van der Waals surface area contributed by atoms with Crippen molar-refractivity contribution in [2.24, 2.45) is 5.73 Å². The van der Waals surface area contributed by atoms with Crippen LogP contribution in [-0.2, 0) is 0 Å². The number of aromatic hydroxyl groups is 1. The van der Waals surface area contributed by atoms with E-state index in [-0.39, 0.29) is 24.2 Å². The molecule has 0 aliphatic carbocycles. The molecular formula is C13H21ClN2O. The molecule has 0 aliphatic rings. The normalized spacial score (nSPS) is 11.5. The van der Waals surface area contributed by atoms with Crippen molar-refractivity contribution in [1.29, 1.82) is 0 Å². The SMILES string of the molecule is C=C[C@@H](N)c1ccc(N(CC)CC)cc1O.Cl. The van der Waals surface area contributed by atoms with Gasteiger partial charge in [0.1, 0.15) is 5.75 Å². The van der Waals surface area contributed by atoms with Crippen LogP contribution in [0.5, 0.6) is 5.75 Å². The first-order valence-corrected chi connectivity index (χ1v) is 5.60. The number of hydrogen-bond donors (Lipinski definition) is 2. The van der Waals surface area contributed by atoms with Crippen LogP contribution in [0.15, 0.2) is 30.9 Å².